The number of carbonyl (C=O) groups is 1. The van der Waals surface area contributed by atoms with Gasteiger partial charge in [0.1, 0.15) is 5.82 Å². The van der Waals surface area contributed by atoms with Crippen molar-refractivity contribution < 1.29 is 4.79 Å². The standard InChI is InChI=1S/C11H16ClN3O/c1-7(2)5-9(13)11(16)15-10-6-8(12)3-4-14-10/h3-4,6-7,9H,5,13H2,1-2H3,(H,14,15,16)/t9-/m1/s1. The van der Waals surface area contributed by atoms with E-state index in [1.54, 1.807) is 12.1 Å². The van der Waals surface area contributed by atoms with Gasteiger partial charge >= 0.3 is 0 Å². The molecule has 0 unspecified atom stereocenters. The molecule has 1 atom stereocenters. The smallest absolute Gasteiger partial charge is 0.242 e. The molecule has 1 aromatic rings. The van der Waals surface area contributed by atoms with Gasteiger partial charge in [0, 0.05) is 11.2 Å². The Bertz CT molecular complexity index is 368. The molecule has 4 nitrogen and oxygen atoms in total. The molecule has 0 aliphatic heterocycles. The van der Waals surface area contributed by atoms with Crippen LogP contribution < -0.4 is 11.1 Å². The number of halogens is 1. The van der Waals surface area contributed by atoms with Crippen LogP contribution in [-0.2, 0) is 4.79 Å². The lowest BCUT2D eigenvalue weighted by molar-refractivity contribution is -0.117. The summed E-state index contributed by atoms with van der Waals surface area (Å²) in [6.45, 7) is 4.04. The minimum atomic E-state index is -0.513. The summed E-state index contributed by atoms with van der Waals surface area (Å²) in [6, 6.07) is 2.72. The van der Waals surface area contributed by atoms with Crippen molar-refractivity contribution in [2.24, 2.45) is 11.7 Å². The molecule has 0 spiro atoms. The third-order valence-corrected chi connectivity index (χ3v) is 2.27. The number of aromatic nitrogens is 1. The quantitative estimate of drug-likeness (QED) is 0.848. The van der Waals surface area contributed by atoms with Gasteiger partial charge < -0.3 is 11.1 Å². The monoisotopic (exact) mass is 241 g/mol. The lowest BCUT2D eigenvalue weighted by atomic mass is 10.0. The molecule has 0 bridgehead atoms. The highest BCUT2D eigenvalue weighted by molar-refractivity contribution is 6.30. The fourth-order valence-corrected chi connectivity index (χ4v) is 1.47. The molecular weight excluding hydrogens is 226 g/mol. The molecular formula is C11H16ClN3O. The number of carbonyl (C=O) groups excluding carboxylic acids is 1. The molecule has 1 rings (SSSR count). The third kappa shape index (κ3) is 4.16. The fraction of sp³-hybridized carbons (Fsp3) is 0.455. The van der Waals surface area contributed by atoms with Gasteiger partial charge in [0.15, 0.2) is 0 Å². The summed E-state index contributed by atoms with van der Waals surface area (Å²) < 4.78 is 0. The van der Waals surface area contributed by atoms with Gasteiger partial charge in [-0.3, -0.25) is 4.79 Å². The van der Waals surface area contributed by atoms with Crippen molar-refractivity contribution in [2.45, 2.75) is 26.3 Å². The first-order valence-corrected chi connectivity index (χ1v) is 5.55. The molecule has 0 saturated carbocycles. The molecule has 88 valence electrons. The molecule has 0 radical (unpaired) electrons. The van der Waals surface area contributed by atoms with Crippen molar-refractivity contribution in [3.63, 3.8) is 0 Å². The molecule has 1 amide bonds. The van der Waals surface area contributed by atoms with E-state index >= 15 is 0 Å². The van der Waals surface area contributed by atoms with Crippen molar-refractivity contribution in [3.05, 3.63) is 23.4 Å². The summed E-state index contributed by atoms with van der Waals surface area (Å²) >= 11 is 5.77. The van der Waals surface area contributed by atoms with Crippen LogP contribution in [0.15, 0.2) is 18.3 Å². The van der Waals surface area contributed by atoms with E-state index in [-0.39, 0.29) is 5.91 Å². The van der Waals surface area contributed by atoms with Gasteiger partial charge in [0.2, 0.25) is 5.91 Å². The zero-order chi connectivity index (χ0) is 12.1. The maximum atomic E-state index is 11.6. The number of anilines is 1. The average molecular weight is 242 g/mol. The molecule has 16 heavy (non-hydrogen) atoms. The lowest BCUT2D eigenvalue weighted by Crippen LogP contribution is -2.36. The van der Waals surface area contributed by atoms with E-state index in [0.717, 1.165) is 0 Å². The Kier molecular flexibility index (Phi) is 4.71. The number of nitrogens with two attached hydrogens (primary N) is 1. The predicted octanol–water partition coefficient (Wildman–Crippen LogP) is 2.05. The molecule has 0 saturated heterocycles. The van der Waals surface area contributed by atoms with E-state index in [4.69, 9.17) is 17.3 Å². The van der Waals surface area contributed by atoms with E-state index < -0.39 is 6.04 Å². The van der Waals surface area contributed by atoms with E-state index in [1.165, 1.54) is 6.20 Å². The van der Waals surface area contributed by atoms with Crippen LogP contribution in [0.3, 0.4) is 0 Å². The Morgan fingerprint density at radius 3 is 2.88 bits per heavy atom. The first-order valence-electron chi connectivity index (χ1n) is 5.17. The summed E-state index contributed by atoms with van der Waals surface area (Å²) in [4.78, 5) is 15.6. The fourth-order valence-electron chi connectivity index (χ4n) is 1.31. The highest BCUT2D eigenvalue weighted by Gasteiger charge is 2.15. The van der Waals surface area contributed by atoms with Crippen molar-refractivity contribution in [2.75, 3.05) is 5.32 Å². The summed E-state index contributed by atoms with van der Waals surface area (Å²) in [5.74, 6) is 0.577. The zero-order valence-electron chi connectivity index (χ0n) is 9.40. The first kappa shape index (κ1) is 12.9. The van der Waals surface area contributed by atoms with E-state index in [0.29, 0.717) is 23.2 Å². The highest BCUT2D eigenvalue weighted by atomic mass is 35.5. The Labute approximate surface area is 100 Å². The van der Waals surface area contributed by atoms with Crippen molar-refractivity contribution in [1.29, 1.82) is 0 Å². The molecule has 0 aliphatic carbocycles. The number of rotatable bonds is 4. The second-order valence-electron chi connectivity index (χ2n) is 4.08. The van der Waals surface area contributed by atoms with Crippen LogP contribution in [-0.4, -0.2) is 16.9 Å². The molecule has 1 aromatic heterocycles. The summed E-state index contributed by atoms with van der Waals surface area (Å²) in [7, 11) is 0. The van der Waals surface area contributed by atoms with E-state index in [2.05, 4.69) is 10.3 Å². The number of hydrogen-bond donors (Lipinski definition) is 2. The number of pyridine rings is 1. The second-order valence-corrected chi connectivity index (χ2v) is 4.52. The average Bonchev–Trinajstić information content (AvgIpc) is 2.16. The number of nitrogens with one attached hydrogen (secondary N) is 1. The maximum Gasteiger partial charge on any atom is 0.242 e. The number of hydrogen-bond acceptors (Lipinski definition) is 3. The van der Waals surface area contributed by atoms with Crippen LogP contribution in [0.25, 0.3) is 0 Å². The number of amides is 1. The van der Waals surface area contributed by atoms with Crippen LogP contribution in [0.5, 0.6) is 0 Å². The minimum absolute atomic E-state index is 0.233. The van der Waals surface area contributed by atoms with Gasteiger partial charge in [-0.1, -0.05) is 25.4 Å². The van der Waals surface area contributed by atoms with Gasteiger partial charge in [-0.15, -0.1) is 0 Å². The van der Waals surface area contributed by atoms with Crippen LogP contribution in [0, 0.1) is 5.92 Å². The molecule has 5 heteroatoms. The van der Waals surface area contributed by atoms with Crippen LogP contribution in [0.1, 0.15) is 20.3 Å². The Morgan fingerprint density at radius 2 is 2.31 bits per heavy atom. The van der Waals surface area contributed by atoms with Gasteiger partial charge in [0.25, 0.3) is 0 Å². The van der Waals surface area contributed by atoms with Gasteiger partial charge in [-0.2, -0.15) is 0 Å². The van der Waals surface area contributed by atoms with E-state index in [9.17, 15) is 4.79 Å². The SMILES string of the molecule is CC(C)C[C@@H](N)C(=O)Nc1cc(Cl)ccn1. The Balaban J connectivity index is 2.57. The normalized spacial score (nSPS) is 12.6. The second kappa shape index (κ2) is 5.82. The first-order chi connectivity index (χ1) is 7.49. The van der Waals surface area contributed by atoms with Crippen molar-refractivity contribution >= 4 is 23.3 Å². The van der Waals surface area contributed by atoms with Gasteiger partial charge in [-0.05, 0) is 24.5 Å². The maximum absolute atomic E-state index is 11.6. The summed E-state index contributed by atoms with van der Waals surface area (Å²) in [5.41, 5.74) is 5.73. The summed E-state index contributed by atoms with van der Waals surface area (Å²) in [6.07, 6.45) is 2.18. The van der Waals surface area contributed by atoms with Crippen LogP contribution in [0.2, 0.25) is 5.02 Å². The van der Waals surface area contributed by atoms with Crippen LogP contribution >= 0.6 is 11.6 Å². The molecule has 0 aromatic carbocycles. The highest BCUT2D eigenvalue weighted by Crippen LogP contribution is 2.12. The van der Waals surface area contributed by atoms with E-state index in [1.807, 2.05) is 13.8 Å². The molecule has 0 fully saturated rings. The largest absolute Gasteiger partial charge is 0.320 e. The van der Waals surface area contributed by atoms with Crippen molar-refractivity contribution in [1.82, 2.24) is 4.98 Å². The Hall–Kier alpha value is -1.13. The van der Waals surface area contributed by atoms with Gasteiger partial charge in [-0.25, -0.2) is 4.98 Å². The molecule has 0 aliphatic rings. The minimum Gasteiger partial charge on any atom is -0.320 e. The predicted molar refractivity (Wildman–Crippen MR) is 65.3 cm³/mol. The van der Waals surface area contributed by atoms with Gasteiger partial charge in [0.05, 0.1) is 6.04 Å². The molecule has 3 N–H and O–H groups in total. The lowest BCUT2D eigenvalue weighted by Gasteiger charge is -2.13. The Morgan fingerprint density at radius 1 is 1.62 bits per heavy atom. The van der Waals surface area contributed by atoms with Crippen LogP contribution in [0.4, 0.5) is 5.82 Å². The molecule has 1 heterocycles. The summed E-state index contributed by atoms with van der Waals surface area (Å²) in [5, 5.41) is 3.16. The zero-order valence-corrected chi connectivity index (χ0v) is 10.2. The topological polar surface area (TPSA) is 68.0 Å². The number of nitrogens with zero attached hydrogens (tertiary/aromatic N) is 1. The third-order valence-electron chi connectivity index (χ3n) is 2.04. The van der Waals surface area contributed by atoms with Crippen molar-refractivity contribution in [3.8, 4) is 0 Å².